The Balaban J connectivity index is 1.69. The van der Waals surface area contributed by atoms with Gasteiger partial charge in [0, 0.05) is 22.4 Å². The van der Waals surface area contributed by atoms with Crippen LogP contribution >= 0.6 is 23.4 Å². The molecule has 1 aliphatic heterocycles. The first-order valence-corrected chi connectivity index (χ1v) is 16.8. The molecule has 0 saturated carbocycles. The number of esters is 2. The summed E-state index contributed by atoms with van der Waals surface area (Å²) in [4.78, 5) is 61.0. The summed E-state index contributed by atoms with van der Waals surface area (Å²) < 4.78 is 46.6. The van der Waals surface area contributed by atoms with E-state index in [1.54, 1.807) is 41.5 Å². The second-order valence-electron chi connectivity index (χ2n) is 13.2. The first kappa shape index (κ1) is 39.8. The number of carbonyl (C=O) groups excluding carboxylic acids is 4. The topological polar surface area (TPSA) is 185 Å². The SMILES string of the molecule is CC(C)(C)OC(=O)NCC(=O)OC[C@H]1OC2(C=C(C(=O)O)C(SCc3ccc(F)cc3Cl)CC2)O[C@@H]1COC(=O)CNC(=O)OC(C)(C)C. The summed E-state index contributed by atoms with van der Waals surface area (Å²) in [7, 11) is 0. The Hall–Kier alpha value is -3.60. The molecule has 1 aromatic carbocycles. The van der Waals surface area contributed by atoms with Crippen LogP contribution in [0.15, 0.2) is 29.8 Å². The number of hydrogen-bond acceptors (Lipinski definition) is 12. The van der Waals surface area contributed by atoms with E-state index in [9.17, 15) is 33.5 Å². The van der Waals surface area contributed by atoms with Crippen LogP contribution in [-0.4, -0.2) is 96.0 Å². The van der Waals surface area contributed by atoms with E-state index in [0.717, 1.165) is 0 Å². The summed E-state index contributed by atoms with van der Waals surface area (Å²) in [5, 5.41) is 14.4. The molecule has 14 nitrogen and oxygen atoms in total. The molecule has 17 heteroatoms. The second kappa shape index (κ2) is 16.9. The molecule has 1 saturated heterocycles. The van der Waals surface area contributed by atoms with E-state index in [0.29, 0.717) is 17.7 Å². The zero-order valence-corrected chi connectivity index (χ0v) is 29.7. The van der Waals surface area contributed by atoms with Gasteiger partial charge in [-0.2, -0.15) is 0 Å². The molecule has 2 amide bonds. The fraction of sp³-hybridized carbons (Fsp3) is 0.594. The number of ether oxygens (including phenoxy) is 6. The van der Waals surface area contributed by atoms with Gasteiger partial charge in [-0.05, 0) is 71.7 Å². The molecule has 3 atom stereocenters. The maximum atomic E-state index is 13.5. The molecular weight excluding hydrogens is 691 g/mol. The van der Waals surface area contributed by atoms with Gasteiger partial charge in [-0.1, -0.05) is 17.7 Å². The Morgan fingerprint density at radius 3 is 1.90 bits per heavy atom. The molecule has 1 unspecified atom stereocenters. The van der Waals surface area contributed by atoms with Crippen LogP contribution in [-0.2, 0) is 48.6 Å². The summed E-state index contributed by atoms with van der Waals surface area (Å²) >= 11 is 7.46. The number of alkyl carbamates (subject to hydrolysis) is 2. The molecule has 1 spiro atoms. The zero-order valence-electron chi connectivity index (χ0n) is 28.1. The normalized spacial score (nSPS) is 20.2. The van der Waals surface area contributed by atoms with Gasteiger partial charge in [0.05, 0.1) is 5.57 Å². The predicted molar refractivity (Wildman–Crippen MR) is 174 cm³/mol. The van der Waals surface area contributed by atoms with Crippen molar-refractivity contribution in [2.45, 2.75) is 94.6 Å². The minimum atomic E-state index is -1.56. The average Bonchev–Trinajstić information content (AvgIpc) is 3.31. The van der Waals surface area contributed by atoms with Crippen LogP contribution < -0.4 is 10.6 Å². The van der Waals surface area contributed by atoms with Crippen molar-refractivity contribution in [1.29, 1.82) is 0 Å². The number of benzene rings is 1. The van der Waals surface area contributed by atoms with Gasteiger partial charge in [0.1, 0.15) is 55.5 Å². The lowest BCUT2D eigenvalue weighted by molar-refractivity contribution is -0.162. The van der Waals surface area contributed by atoms with Crippen molar-refractivity contribution in [3.8, 4) is 0 Å². The van der Waals surface area contributed by atoms with Crippen molar-refractivity contribution in [1.82, 2.24) is 10.6 Å². The zero-order chi connectivity index (χ0) is 36.6. The van der Waals surface area contributed by atoms with Crippen LogP contribution in [0.1, 0.15) is 59.9 Å². The van der Waals surface area contributed by atoms with Gasteiger partial charge in [0.25, 0.3) is 0 Å². The van der Waals surface area contributed by atoms with E-state index in [1.165, 1.54) is 36.0 Å². The first-order valence-electron chi connectivity index (χ1n) is 15.4. The van der Waals surface area contributed by atoms with Crippen LogP contribution in [0, 0.1) is 5.82 Å². The summed E-state index contributed by atoms with van der Waals surface area (Å²) in [6.45, 7) is 8.16. The lowest BCUT2D eigenvalue weighted by Gasteiger charge is -2.33. The molecule has 2 aliphatic rings. The Kier molecular flexibility index (Phi) is 13.7. The number of carboxylic acid groups (broad SMARTS) is 1. The molecule has 1 fully saturated rings. The quantitative estimate of drug-likeness (QED) is 0.202. The van der Waals surface area contributed by atoms with Crippen LogP contribution in [0.5, 0.6) is 0 Å². The number of rotatable bonds is 12. The van der Waals surface area contributed by atoms with E-state index in [2.05, 4.69) is 10.6 Å². The number of thioether (sulfide) groups is 1. The molecule has 3 rings (SSSR count). The molecule has 0 aromatic heterocycles. The lowest BCUT2D eigenvalue weighted by atomic mass is 9.94. The number of hydrogen-bond donors (Lipinski definition) is 3. The van der Waals surface area contributed by atoms with Crippen molar-refractivity contribution >= 4 is 53.5 Å². The van der Waals surface area contributed by atoms with Crippen molar-refractivity contribution in [3.05, 3.63) is 46.3 Å². The molecular formula is C32H42ClFN2O12S. The van der Waals surface area contributed by atoms with Gasteiger partial charge in [0.2, 0.25) is 0 Å². The molecule has 0 radical (unpaired) electrons. The molecule has 3 N–H and O–H groups in total. The summed E-state index contributed by atoms with van der Waals surface area (Å²) in [5.41, 5.74) is -0.931. The molecule has 49 heavy (non-hydrogen) atoms. The van der Waals surface area contributed by atoms with Gasteiger partial charge < -0.3 is 44.2 Å². The Labute approximate surface area is 292 Å². The molecule has 272 valence electrons. The third-order valence-electron chi connectivity index (χ3n) is 6.66. The lowest BCUT2D eigenvalue weighted by Crippen LogP contribution is -2.39. The molecule has 1 aliphatic carbocycles. The van der Waals surface area contributed by atoms with E-state index in [1.807, 2.05) is 0 Å². The smallest absolute Gasteiger partial charge is 0.408 e. The fourth-order valence-corrected chi connectivity index (χ4v) is 6.20. The third-order valence-corrected chi connectivity index (χ3v) is 8.39. The van der Waals surface area contributed by atoms with Gasteiger partial charge in [-0.3, -0.25) is 9.59 Å². The van der Waals surface area contributed by atoms with Crippen LogP contribution in [0.25, 0.3) is 0 Å². The number of amides is 2. The average molecular weight is 733 g/mol. The summed E-state index contributed by atoms with van der Waals surface area (Å²) in [5.74, 6) is -4.60. The number of halogens is 2. The van der Waals surface area contributed by atoms with Gasteiger partial charge in [-0.15, -0.1) is 11.8 Å². The monoisotopic (exact) mass is 732 g/mol. The first-order chi connectivity index (χ1) is 22.7. The van der Waals surface area contributed by atoms with Gasteiger partial charge in [0.15, 0.2) is 5.79 Å². The Morgan fingerprint density at radius 1 is 0.939 bits per heavy atom. The number of nitrogens with one attached hydrogen (secondary N) is 2. The number of carbonyl (C=O) groups is 5. The third kappa shape index (κ3) is 13.3. The van der Waals surface area contributed by atoms with Gasteiger partial charge >= 0.3 is 30.1 Å². The van der Waals surface area contributed by atoms with E-state index >= 15 is 0 Å². The highest BCUT2D eigenvalue weighted by Gasteiger charge is 2.50. The van der Waals surface area contributed by atoms with Crippen LogP contribution in [0.2, 0.25) is 5.02 Å². The molecule has 0 bridgehead atoms. The molecule has 1 aromatic rings. The van der Waals surface area contributed by atoms with Crippen LogP contribution in [0.4, 0.5) is 14.0 Å². The summed E-state index contributed by atoms with van der Waals surface area (Å²) in [6.07, 6.45) is -1.87. The fourth-order valence-electron chi connectivity index (χ4n) is 4.62. The predicted octanol–water partition coefficient (Wildman–Crippen LogP) is 4.50. The van der Waals surface area contributed by atoms with Crippen molar-refractivity contribution < 1.29 is 61.9 Å². The second-order valence-corrected chi connectivity index (χ2v) is 14.8. The van der Waals surface area contributed by atoms with Crippen molar-refractivity contribution in [3.63, 3.8) is 0 Å². The highest BCUT2D eigenvalue weighted by molar-refractivity contribution is 7.99. The van der Waals surface area contributed by atoms with Gasteiger partial charge in [-0.25, -0.2) is 18.8 Å². The Bertz CT molecular complexity index is 1370. The molecule has 1 heterocycles. The van der Waals surface area contributed by atoms with Crippen molar-refractivity contribution in [2.24, 2.45) is 0 Å². The number of carboxylic acids is 1. The highest BCUT2D eigenvalue weighted by Crippen LogP contribution is 2.43. The Morgan fingerprint density at radius 2 is 1.45 bits per heavy atom. The highest BCUT2D eigenvalue weighted by atomic mass is 35.5. The largest absolute Gasteiger partial charge is 0.478 e. The van der Waals surface area contributed by atoms with E-state index < -0.39 is 96.7 Å². The van der Waals surface area contributed by atoms with E-state index in [-0.39, 0.29) is 17.0 Å². The maximum absolute atomic E-state index is 13.5. The standard InChI is InChI=1S/C32H42ClFN2O12S/c1-30(2,3)47-28(41)35-13-25(37)43-15-22-23(16-44-26(38)14-36-29(42)48-31(4,5)6)46-32(45-22)10-9-24(20(12-32)27(39)40)49-17-18-7-8-19(34)11-21(18)33/h7-8,11-12,22-24H,9-10,13-17H2,1-6H3,(H,35,41)(H,36,42)(H,39,40)/t22-,23-,24?/m1/s1. The van der Waals surface area contributed by atoms with E-state index in [4.69, 9.17) is 40.0 Å². The maximum Gasteiger partial charge on any atom is 0.408 e. The summed E-state index contributed by atoms with van der Waals surface area (Å²) in [6, 6.07) is 3.99. The number of aliphatic carboxylic acids is 1. The minimum absolute atomic E-state index is 0.00834. The van der Waals surface area contributed by atoms with Crippen molar-refractivity contribution in [2.75, 3.05) is 26.3 Å². The minimum Gasteiger partial charge on any atom is -0.478 e. The van der Waals surface area contributed by atoms with Crippen LogP contribution in [0.3, 0.4) is 0 Å².